The maximum atomic E-state index is 10.2. The van der Waals surface area contributed by atoms with Crippen LogP contribution < -0.4 is 0 Å². The van der Waals surface area contributed by atoms with Gasteiger partial charge in [0.25, 0.3) is 0 Å². The minimum absolute atomic E-state index is 0.0979. The normalized spacial score (nSPS) is 17.1. The van der Waals surface area contributed by atoms with E-state index in [0.29, 0.717) is 5.92 Å². The molecule has 1 aromatic carbocycles. The molecule has 0 aromatic heterocycles. The fraction of sp³-hybridized carbons (Fsp3) is 0.625. The van der Waals surface area contributed by atoms with Crippen LogP contribution in [0.15, 0.2) is 24.3 Å². The van der Waals surface area contributed by atoms with E-state index in [1.165, 1.54) is 36.8 Å². The van der Waals surface area contributed by atoms with Gasteiger partial charge < -0.3 is 5.11 Å². The van der Waals surface area contributed by atoms with Gasteiger partial charge in [0, 0.05) is 0 Å². The Hall–Kier alpha value is -0.820. The molecule has 0 amide bonds. The molecule has 17 heavy (non-hydrogen) atoms. The Balaban J connectivity index is 1.78. The van der Waals surface area contributed by atoms with Gasteiger partial charge in [-0.05, 0) is 36.3 Å². The van der Waals surface area contributed by atoms with Crippen LogP contribution in [0.25, 0.3) is 0 Å². The third-order valence-corrected chi connectivity index (χ3v) is 3.98. The van der Waals surface area contributed by atoms with Gasteiger partial charge in [-0.2, -0.15) is 0 Å². The van der Waals surface area contributed by atoms with Crippen LogP contribution >= 0.6 is 0 Å². The van der Waals surface area contributed by atoms with Crippen LogP contribution in [0.1, 0.15) is 50.2 Å². The zero-order valence-electron chi connectivity index (χ0n) is 10.9. The van der Waals surface area contributed by atoms with Crippen LogP contribution in [0.2, 0.25) is 0 Å². The largest absolute Gasteiger partial charge is 0.393 e. The summed E-state index contributed by atoms with van der Waals surface area (Å²) in [4.78, 5) is 0. The molecule has 0 heterocycles. The van der Waals surface area contributed by atoms with Crippen molar-refractivity contribution >= 4 is 0 Å². The molecule has 0 radical (unpaired) electrons. The maximum Gasteiger partial charge on any atom is 0.0574 e. The van der Waals surface area contributed by atoms with Gasteiger partial charge in [-0.3, -0.25) is 0 Å². The van der Waals surface area contributed by atoms with Gasteiger partial charge in [-0.25, -0.2) is 0 Å². The van der Waals surface area contributed by atoms with E-state index in [9.17, 15) is 5.11 Å². The van der Waals surface area contributed by atoms with E-state index in [-0.39, 0.29) is 6.10 Å². The number of fused-ring (bicyclic) bond motifs is 1. The topological polar surface area (TPSA) is 20.2 Å². The first kappa shape index (κ1) is 12.6. The second-order valence-electron chi connectivity index (χ2n) is 5.35. The van der Waals surface area contributed by atoms with Crippen molar-refractivity contribution in [2.75, 3.05) is 0 Å². The average Bonchev–Trinajstić information content (AvgIpc) is 2.78. The van der Waals surface area contributed by atoms with Crippen LogP contribution in [0, 0.1) is 5.92 Å². The molecular formula is C16H24O. The van der Waals surface area contributed by atoms with Crippen molar-refractivity contribution in [2.45, 2.75) is 58.0 Å². The fourth-order valence-electron chi connectivity index (χ4n) is 2.88. The molecule has 0 bridgehead atoms. The minimum Gasteiger partial charge on any atom is -0.393 e. The summed E-state index contributed by atoms with van der Waals surface area (Å²) < 4.78 is 0. The fourth-order valence-corrected chi connectivity index (χ4v) is 2.88. The Bertz CT molecular complexity index is 320. The summed E-state index contributed by atoms with van der Waals surface area (Å²) in [6.45, 7) is 2.23. The Labute approximate surface area is 105 Å². The van der Waals surface area contributed by atoms with E-state index < -0.39 is 0 Å². The van der Waals surface area contributed by atoms with Crippen molar-refractivity contribution in [3.63, 3.8) is 0 Å². The summed E-state index contributed by atoms with van der Waals surface area (Å²) in [6, 6.07) is 8.63. The van der Waals surface area contributed by atoms with Gasteiger partial charge >= 0.3 is 0 Å². The predicted molar refractivity (Wildman–Crippen MR) is 72.1 cm³/mol. The van der Waals surface area contributed by atoms with Gasteiger partial charge in [-0.15, -0.1) is 0 Å². The number of hydrogen-bond acceptors (Lipinski definition) is 1. The molecule has 1 unspecified atom stereocenters. The summed E-state index contributed by atoms with van der Waals surface area (Å²) in [5.41, 5.74) is 2.90. The SMILES string of the molecule is CCCCCCC(O)C1Cc2ccccc2C1. The van der Waals surface area contributed by atoms with Gasteiger partial charge in [-0.1, -0.05) is 56.9 Å². The highest BCUT2D eigenvalue weighted by atomic mass is 16.3. The average molecular weight is 232 g/mol. The summed E-state index contributed by atoms with van der Waals surface area (Å²) >= 11 is 0. The number of benzene rings is 1. The number of hydrogen-bond donors (Lipinski definition) is 1. The molecule has 94 valence electrons. The first-order valence-corrected chi connectivity index (χ1v) is 7.06. The Morgan fingerprint density at radius 2 is 1.76 bits per heavy atom. The number of rotatable bonds is 6. The van der Waals surface area contributed by atoms with Crippen LogP contribution in [-0.4, -0.2) is 11.2 Å². The smallest absolute Gasteiger partial charge is 0.0574 e. The van der Waals surface area contributed by atoms with Crippen LogP contribution in [0.5, 0.6) is 0 Å². The molecule has 0 spiro atoms. The second-order valence-corrected chi connectivity index (χ2v) is 5.35. The van der Waals surface area contributed by atoms with Gasteiger partial charge in [0.2, 0.25) is 0 Å². The first-order chi connectivity index (χ1) is 8.31. The van der Waals surface area contributed by atoms with Gasteiger partial charge in [0.15, 0.2) is 0 Å². The van der Waals surface area contributed by atoms with Crippen molar-refractivity contribution in [1.82, 2.24) is 0 Å². The zero-order chi connectivity index (χ0) is 12.1. The van der Waals surface area contributed by atoms with E-state index in [2.05, 4.69) is 31.2 Å². The predicted octanol–water partition coefficient (Wildman–Crippen LogP) is 3.73. The highest BCUT2D eigenvalue weighted by molar-refractivity contribution is 5.32. The lowest BCUT2D eigenvalue weighted by Gasteiger charge is -2.17. The first-order valence-electron chi connectivity index (χ1n) is 7.06. The highest BCUT2D eigenvalue weighted by Crippen LogP contribution is 2.30. The zero-order valence-corrected chi connectivity index (χ0v) is 10.9. The van der Waals surface area contributed by atoms with E-state index in [0.717, 1.165) is 19.3 Å². The maximum absolute atomic E-state index is 10.2. The third-order valence-electron chi connectivity index (χ3n) is 3.98. The number of aliphatic hydroxyl groups excluding tert-OH is 1. The molecular weight excluding hydrogens is 208 g/mol. The van der Waals surface area contributed by atoms with E-state index in [1.807, 2.05) is 0 Å². The second kappa shape index (κ2) is 6.20. The summed E-state index contributed by atoms with van der Waals surface area (Å²) in [7, 11) is 0. The van der Waals surface area contributed by atoms with Crippen LogP contribution in [-0.2, 0) is 12.8 Å². The lowest BCUT2D eigenvalue weighted by Crippen LogP contribution is -2.20. The lowest BCUT2D eigenvalue weighted by molar-refractivity contribution is 0.101. The van der Waals surface area contributed by atoms with Gasteiger partial charge in [0.1, 0.15) is 0 Å². The molecule has 0 saturated heterocycles. The molecule has 0 aliphatic heterocycles. The van der Waals surface area contributed by atoms with Crippen molar-refractivity contribution in [3.05, 3.63) is 35.4 Å². The standard InChI is InChI=1S/C16H24O/c1-2-3-4-5-10-16(17)15-11-13-8-6-7-9-14(13)12-15/h6-9,15-17H,2-5,10-12H2,1H3. The van der Waals surface area contributed by atoms with Crippen LogP contribution in [0.3, 0.4) is 0 Å². The Morgan fingerprint density at radius 3 is 2.35 bits per heavy atom. The van der Waals surface area contributed by atoms with Gasteiger partial charge in [0.05, 0.1) is 6.10 Å². The molecule has 1 N–H and O–H groups in total. The minimum atomic E-state index is -0.0979. The number of unbranched alkanes of at least 4 members (excludes halogenated alkanes) is 3. The van der Waals surface area contributed by atoms with Crippen molar-refractivity contribution in [1.29, 1.82) is 0 Å². The Kier molecular flexibility index (Phi) is 4.61. The van der Waals surface area contributed by atoms with Crippen molar-refractivity contribution < 1.29 is 5.11 Å². The van der Waals surface area contributed by atoms with Crippen LogP contribution in [0.4, 0.5) is 0 Å². The number of aliphatic hydroxyl groups is 1. The molecule has 0 saturated carbocycles. The summed E-state index contributed by atoms with van der Waals surface area (Å²) in [6.07, 6.45) is 8.06. The van der Waals surface area contributed by atoms with E-state index in [4.69, 9.17) is 0 Å². The summed E-state index contributed by atoms with van der Waals surface area (Å²) in [5, 5.41) is 10.2. The molecule has 1 aliphatic carbocycles. The van der Waals surface area contributed by atoms with E-state index in [1.54, 1.807) is 0 Å². The molecule has 2 rings (SSSR count). The van der Waals surface area contributed by atoms with Crippen molar-refractivity contribution in [2.24, 2.45) is 5.92 Å². The lowest BCUT2D eigenvalue weighted by atomic mass is 9.94. The van der Waals surface area contributed by atoms with E-state index >= 15 is 0 Å². The summed E-state index contributed by atoms with van der Waals surface area (Å²) in [5.74, 6) is 0.467. The quantitative estimate of drug-likeness (QED) is 0.741. The molecule has 1 heteroatoms. The molecule has 1 aromatic rings. The molecule has 0 fully saturated rings. The van der Waals surface area contributed by atoms with Crippen molar-refractivity contribution in [3.8, 4) is 0 Å². The molecule has 1 nitrogen and oxygen atoms in total. The third kappa shape index (κ3) is 3.32. The highest BCUT2D eigenvalue weighted by Gasteiger charge is 2.26. The Morgan fingerprint density at radius 1 is 1.12 bits per heavy atom. The molecule has 1 atom stereocenters. The monoisotopic (exact) mass is 232 g/mol. The molecule has 1 aliphatic rings.